The Morgan fingerprint density at radius 1 is 1.45 bits per heavy atom. The molecule has 0 saturated carbocycles. The van der Waals surface area contributed by atoms with Gasteiger partial charge in [0.05, 0.1) is 12.5 Å². The second-order valence-electron chi connectivity index (χ2n) is 4.36. The summed E-state index contributed by atoms with van der Waals surface area (Å²) in [5, 5.41) is 1.29. The number of carbonyl (C=O) groups is 1. The fourth-order valence-electron chi connectivity index (χ4n) is 1.79. The van der Waals surface area contributed by atoms with Crippen LogP contribution in [0, 0.1) is 13.8 Å². The van der Waals surface area contributed by atoms with Gasteiger partial charge in [-0.3, -0.25) is 9.59 Å². The predicted molar refractivity (Wildman–Crippen MR) is 81.7 cm³/mol. The third-order valence-corrected chi connectivity index (χ3v) is 5.07. The molecule has 0 bridgehead atoms. The van der Waals surface area contributed by atoms with Crippen LogP contribution in [0.2, 0.25) is 0 Å². The Kier molecular flexibility index (Phi) is 4.82. The van der Waals surface area contributed by atoms with E-state index in [-0.39, 0.29) is 11.5 Å². The Balaban J connectivity index is 2.08. The van der Waals surface area contributed by atoms with Crippen molar-refractivity contribution in [2.45, 2.75) is 31.8 Å². The van der Waals surface area contributed by atoms with E-state index in [1.807, 2.05) is 13.8 Å². The first-order valence-electron chi connectivity index (χ1n) is 6.22. The SMILES string of the molecule is COC(=O)CCCSc1nc2sc(C)c(C)c2c(=O)[nH]1. The molecule has 0 aliphatic heterocycles. The summed E-state index contributed by atoms with van der Waals surface area (Å²) in [6.07, 6.45) is 1.08. The van der Waals surface area contributed by atoms with Gasteiger partial charge in [0.1, 0.15) is 4.83 Å². The molecular formula is C13H16N2O3S2. The van der Waals surface area contributed by atoms with Crippen LogP contribution in [0.4, 0.5) is 0 Å². The summed E-state index contributed by atoms with van der Waals surface area (Å²) in [7, 11) is 1.38. The number of thiophene rings is 1. The van der Waals surface area contributed by atoms with E-state index in [1.54, 1.807) is 0 Å². The number of H-pyrrole nitrogens is 1. The minimum Gasteiger partial charge on any atom is -0.469 e. The maximum Gasteiger partial charge on any atom is 0.305 e. The highest BCUT2D eigenvalue weighted by Crippen LogP contribution is 2.27. The molecule has 0 aromatic carbocycles. The number of carbonyl (C=O) groups excluding carboxylic acids is 1. The molecule has 0 aliphatic rings. The number of ether oxygens (including phenoxy) is 1. The zero-order valence-electron chi connectivity index (χ0n) is 11.6. The minimum atomic E-state index is -0.216. The topological polar surface area (TPSA) is 72.0 Å². The third kappa shape index (κ3) is 3.21. The van der Waals surface area contributed by atoms with Crippen LogP contribution in [0.5, 0.6) is 0 Å². The van der Waals surface area contributed by atoms with Gasteiger partial charge in [0.15, 0.2) is 5.16 Å². The molecule has 1 N–H and O–H groups in total. The van der Waals surface area contributed by atoms with Crippen LogP contribution in [0.25, 0.3) is 10.2 Å². The van der Waals surface area contributed by atoms with E-state index in [2.05, 4.69) is 14.7 Å². The number of nitrogens with one attached hydrogen (secondary N) is 1. The Labute approximate surface area is 124 Å². The zero-order chi connectivity index (χ0) is 14.7. The van der Waals surface area contributed by atoms with Gasteiger partial charge in [0.2, 0.25) is 0 Å². The number of aryl methyl sites for hydroxylation is 2. The highest BCUT2D eigenvalue weighted by atomic mass is 32.2. The summed E-state index contributed by atoms with van der Waals surface area (Å²) in [5.74, 6) is 0.499. The lowest BCUT2D eigenvalue weighted by atomic mass is 10.2. The molecule has 0 spiro atoms. The van der Waals surface area contributed by atoms with Crippen LogP contribution in [0.3, 0.4) is 0 Å². The molecule has 0 amide bonds. The Morgan fingerprint density at radius 3 is 2.90 bits per heavy atom. The zero-order valence-corrected chi connectivity index (χ0v) is 13.2. The molecule has 0 radical (unpaired) electrons. The first kappa shape index (κ1) is 15.1. The Bertz CT molecular complexity index is 691. The number of methoxy groups -OCH3 is 1. The van der Waals surface area contributed by atoms with E-state index >= 15 is 0 Å². The smallest absolute Gasteiger partial charge is 0.305 e. The van der Waals surface area contributed by atoms with Gasteiger partial charge in [-0.2, -0.15) is 0 Å². The molecular weight excluding hydrogens is 296 g/mol. The molecule has 20 heavy (non-hydrogen) atoms. The standard InChI is InChI=1S/C13H16N2O3S2/c1-7-8(2)20-12-10(7)11(17)14-13(15-12)19-6-4-5-9(16)18-3/h4-6H2,1-3H3,(H,14,15,17). The second-order valence-corrected chi connectivity index (χ2v) is 6.65. The maximum absolute atomic E-state index is 12.0. The van der Waals surface area contributed by atoms with Gasteiger partial charge in [0.25, 0.3) is 5.56 Å². The third-order valence-electron chi connectivity index (χ3n) is 3.01. The quantitative estimate of drug-likeness (QED) is 0.398. The van der Waals surface area contributed by atoms with Crippen LogP contribution >= 0.6 is 23.1 Å². The van der Waals surface area contributed by atoms with E-state index in [0.29, 0.717) is 29.1 Å². The molecule has 2 aromatic rings. The van der Waals surface area contributed by atoms with Crippen molar-refractivity contribution in [3.05, 3.63) is 20.8 Å². The highest BCUT2D eigenvalue weighted by molar-refractivity contribution is 7.99. The predicted octanol–water partition coefficient (Wildman–Crippen LogP) is 2.65. The van der Waals surface area contributed by atoms with Crippen LogP contribution in [0.15, 0.2) is 9.95 Å². The molecule has 0 saturated heterocycles. The molecule has 5 nitrogen and oxygen atoms in total. The maximum atomic E-state index is 12.0. The van der Waals surface area contributed by atoms with Crippen molar-refractivity contribution in [2.75, 3.05) is 12.9 Å². The van der Waals surface area contributed by atoms with Gasteiger partial charge in [-0.25, -0.2) is 4.98 Å². The van der Waals surface area contributed by atoms with Crippen LogP contribution in [0.1, 0.15) is 23.3 Å². The number of esters is 1. The average molecular weight is 312 g/mol. The van der Waals surface area contributed by atoms with E-state index < -0.39 is 0 Å². The molecule has 2 rings (SSSR count). The van der Waals surface area contributed by atoms with Crippen LogP contribution < -0.4 is 5.56 Å². The molecule has 2 aromatic heterocycles. The molecule has 0 atom stereocenters. The summed E-state index contributed by atoms with van der Waals surface area (Å²) in [6, 6.07) is 0. The van der Waals surface area contributed by atoms with E-state index in [4.69, 9.17) is 0 Å². The minimum absolute atomic E-state index is 0.0904. The number of rotatable bonds is 5. The lowest BCUT2D eigenvalue weighted by Gasteiger charge is -2.01. The van der Waals surface area contributed by atoms with Crippen molar-refractivity contribution in [1.29, 1.82) is 0 Å². The van der Waals surface area contributed by atoms with Gasteiger partial charge in [0, 0.05) is 17.1 Å². The molecule has 7 heteroatoms. The monoisotopic (exact) mass is 312 g/mol. The van der Waals surface area contributed by atoms with E-state index in [1.165, 1.54) is 30.2 Å². The van der Waals surface area contributed by atoms with Crippen molar-refractivity contribution >= 4 is 39.3 Å². The largest absolute Gasteiger partial charge is 0.469 e. The van der Waals surface area contributed by atoms with Crippen molar-refractivity contribution in [3.63, 3.8) is 0 Å². The summed E-state index contributed by atoms with van der Waals surface area (Å²) < 4.78 is 4.58. The van der Waals surface area contributed by atoms with Crippen LogP contribution in [-0.2, 0) is 9.53 Å². The van der Waals surface area contributed by atoms with Crippen molar-refractivity contribution in [1.82, 2.24) is 9.97 Å². The van der Waals surface area contributed by atoms with E-state index in [0.717, 1.165) is 15.3 Å². The first-order chi connectivity index (χ1) is 9.52. The summed E-state index contributed by atoms with van der Waals surface area (Å²) in [4.78, 5) is 32.2. The highest BCUT2D eigenvalue weighted by Gasteiger charge is 2.12. The lowest BCUT2D eigenvalue weighted by molar-refractivity contribution is -0.140. The first-order valence-corrected chi connectivity index (χ1v) is 8.02. The number of hydrogen-bond donors (Lipinski definition) is 1. The second kappa shape index (κ2) is 6.41. The summed E-state index contributed by atoms with van der Waals surface area (Å²) in [6.45, 7) is 3.93. The number of fused-ring (bicyclic) bond motifs is 1. The number of thioether (sulfide) groups is 1. The average Bonchev–Trinajstić information content (AvgIpc) is 2.70. The van der Waals surface area contributed by atoms with Crippen molar-refractivity contribution in [3.8, 4) is 0 Å². The van der Waals surface area contributed by atoms with Gasteiger partial charge < -0.3 is 9.72 Å². The number of hydrogen-bond acceptors (Lipinski definition) is 6. The fraction of sp³-hybridized carbons (Fsp3) is 0.462. The molecule has 0 aliphatic carbocycles. The summed E-state index contributed by atoms with van der Waals surface area (Å²) in [5.41, 5.74) is 0.910. The molecule has 0 unspecified atom stereocenters. The number of aromatic amines is 1. The van der Waals surface area contributed by atoms with Gasteiger partial charge in [-0.05, 0) is 25.8 Å². The number of nitrogens with zero attached hydrogens (tertiary/aromatic N) is 1. The summed E-state index contributed by atoms with van der Waals surface area (Å²) >= 11 is 2.99. The van der Waals surface area contributed by atoms with Crippen LogP contribution in [-0.4, -0.2) is 28.8 Å². The van der Waals surface area contributed by atoms with Gasteiger partial charge >= 0.3 is 5.97 Å². The van der Waals surface area contributed by atoms with Gasteiger partial charge in [-0.15, -0.1) is 11.3 Å². The normalized spacial score (nSPS) is 10.9. The molecule has 108 valence electrons. The van der Waals surface area contributed by atoms with E-state index in [9.17, 15) is 9.59 Å². The molecule has 2 heterocycles. The Hall–Kier alpha value is -1.34. The van der Waals surface area contributed by atoms with Gasteiger partial charge in [-0.1, -0.05) is 11.8 Å². The Morgan fingerprint density at radius 2 is 2.20 bits per heavy atom. The van der Waals surface area contributed by atoms with Crippen molar-refractivity contribution < 1.29 is 9.53 Å². The lowest BCUT2D eigenvalue weighted by Crippen LogP contribution is -2.09. The molecule has 0 fully saturated rings. The fourth-order valence-corrected chi connectivity index (χ4v) is 3.68. The van der Waals surface area contributed by atoms with Crippen molar-refractivity contribution in [2.24, 2.45) is 0 Å². The number of aromatic nitrogens is 2.